The van der Waals surface area contributed by atoms with E-state index in [2.05, 4.69) is 9.98 Å². The van der Waals surface area contributed by atoms with E-state index in [4.69, 9.17) is 22.9 Å². The Bertz CT molecular complexity index is 449. The first-order chi connectivity index (χ1) is 8.06. The average Bonchev–Trinajstić information content (AvgIpc) is 2.24. The van der Waals surface area contributed by atoms with Crippen molar-refractivity contribution in [2.75, 3.05) is 12.3 Å². The number of hydrogen-bond donors (Lipinski definition) is 4. The van der Waals surface area contributed by atoms with Crippen LogP contribution in [0.5, 0.6) is 0 Å². The number of guanidine groups is 1. The maximum Gasteiger partial charge on any atom is 0.350 e. The highest BCUT2D eigenvalue weighted by Gasteiger charge is 2.14. The molecule has 0 aliphatic rings. The van der Waals surface area contributed by atoms with Crippen LogP contribution >= 0.6 is 0 Å². The fraction of sp³-hybridized carbons (Fsp3) is 0.444. The average molecular weight is 239 g/mol. The predicted molar refractivity (Wildman–Crippen MR) is 66.0 cm³/mol. The van der Waals surface area contributed by atoms with Crippen LogP contribution in [0.3, 0.4) is 0 Å². The molecule has 0 spiro atoms. The standard InChI is InChI=1S/C9H17N7O/c10-4-1-2-7(15-8(12)13)16-6(11)3-5-14-9(16)17/h3,5,7H,1-2,4,10-11H2,(H4,12,13,15). The van der Waals surface area contributed by atoms with Gasteiger partial charge in [0.1, 0.15) is 12.0 Å². The molecule has 8 nitrogen and oxygen atoms in total. The molecular weight excluding hydrogens is 222 g/mol. The second-order valence-electron chi connectivity index (χ2n) is 3.49. The molecule has 1 atom stereocenters. The van der Waals surface area contributed by atoms with Gasteiger partial charge < -0.3 is 22.9 Å². The summed E-state index contributed by atoms with van der Waals surface area (Å²) in [6.45, 7) is 0.478. The number of nitrogens with zero attached hydrogens (tertiary/aromatic N) is 3. The van der Waals surface area contributed by atoms with Crippen molar-refractivity contribution < 1.29 is 0 Å². The van der Waals surface area contributed by atoms with Crippen LogP contribution in [-0.4, -0.2) is 22.1 Å². The molecule has 0 aliphatic carbocycles. The molecule has 1 aromatic rings. The molecule has 0 aromatic carbocycles. The summed E-state index contributed by atoms with van der Waals surface area (Å²) in [5.41, 5.74) is 21.3. The lowest BCUT2D eigenvalue weighted by Crippen LogP contribution is -2.31. The van der Waals surface area contributed by atoms with Crippen LogP contribution < -0.4 is 28.6 Å². The molecule has 0 fully saturated rings. The molecule has 0 bridgehead atoms. The summed E-state index contributed by atoms with van der Waals surface area (Å²) in [5.74, 6) is 0.152. The SMILES string of the molecule is NCCCC(N=C(N)N)n1c(N)ccnc1=O. The van der Waals surface area contributed by atoms with Gasteiger partial charge in [0.05, 0.1) is 0 Å². The summed E-state index contributed by atoms with van der Waals surface area (Å²) in [6.07, 6.45) is 1.96. The van der Waals surface area contributed by atoms with Crippen molar-refractivity contribution in [2.24, 2.45) is 22.2 Å². The van der Waals surface area contributed by atoms with Gasteiger partial charge in [0.15, 0.2) is 5.96 Å². The fourth-order valence-corrected chi connectivity index (χ4v) is 1.45. The van der Waals surface area contributed by atoms with Crippen molar-refractivity contribution in [1.29, 1.82) is 0 Å². The second-order valence-corrected chi connectivity index (χ2v) is 3.49. The molecular formula is C9H17N7O. The van der Waals surface area contributed by atoms with E-state index in [-0.39, 0.29) is 11.8 Å². The molecule has 0 radical (unpaired) electrons. The Morgan fingerprint density at radius 2 is 2.24 bits per heavy atom. The molecule has 1 unspecified atom stereocenters. The Balaban J connectivity index is 3.12. The second kappa shape index (κ2) is 5.85. The maximum absolute atomic E-state index is 11.6. The predicted octanol–water partition coefficient (Wildman–Crippen LogP) is -1.66. The largest absolute Gasteiger partial charge is 0.385 e. The van der Waals surface area contributed by atoms with Gasteiger partial charge in [-0.15, -0.1) is 0 Å². The number of nitrogens with two attached hydrogens (primary N) is 4. The zero-order chi connectivity index (χ0) is 12.8. The minimum Gasteiger partial charge on any atom is -0.385 e. The third kappa shape index (κ3) is 3.45. The van der Waals surface area contributed by atoms with Crippen LogP contribution in [0.2, 0.25) is 0 Å². The van der Waals surface area contributed by atoms with Crippen molar-refractivity contribution in [3.8, 4) is 0 Å². The molecule has 1 heterocycles. The number of aliphatic imine (C=N–C) groups is 1. The van der Waals surface area contributed by atoms with Gasteiger partial charge in [0.2, 0.25) is 0 Å². The summed E-state index contributed by atoms with van der Waals surface area (Å²) in [4.78, 5) is 19.2. The van der Waals surface area contributed by atoms with Crippen LogP contribution in [-0.2, 0) is 0 Å². The van der Waals surface area contributed by atoms with Crippen LogP contribution in [0.15, 0.2) is 22.1 Å². The van der Waals surface area contributed by atoms with Crippen molar-refractivity contribution in [3.63, 3.8) is 0 Å². The monoisotopic (exact) mass is 239 g/mol. The van der Waals surface area contributed by atoms with E-state index in [9.17, 15) is 4.79 Å². The number of aromatic nitrogens is 2. The highest BCUT2D eigenvalue weighted by Crippen LogP contribution is 2.15. The third-order valence-electron chi connectivity index (χ3n) is 2.18. The van der Waals surface area contributed by atoms with E-state index < -0.39 is 11.9 Å². The van der Waals surface area contributed by atoms with E-state index in [0.717, 1.165) is 0 Å². The fourth-order valence-electron chi connectivity index (χ4n) is 1.45. The van der Waals surface area contributed by atoms with Crippen LogP contribution in [0.25, 0.3) is 0 Å². The lowest BCUT2D eigenvalue weighted by molar-refractivity contribution is 0.458. The van der Waals surface area contributed by atoms with Crippen molar-refractivity contribution in [2.45, 2.75) is 19.0 Å². The molecule has 0 aliphatic heterocycles. The van der Waals surface area contributed by atoms with Crippen LogP contribution in [0.1, 0.15) is 19.0 Å². The molecule has 0 saturated carbocycles. The van der Waals surface area contributed by atoms with Crippen LogP contribution in [0, 0.1) is 0 Å². The van der Waals surface area contributed by atoms with E-state index in [0.29, 0.717) is 19.4 Å². The quantitative estimate of drug-likeness (QED) is 0.356. The van der Waals surface area contributed by atoms with Gasteiger partial charge in [-0.3, -0.25) is 4.57 Å². The summed E-state index contributed by atoms with van der Waals surface area (Å²) in [5, 5.41) is 0. The Morgan fingerprint density at radius 1 is 1.53 bits per heavy atom. The van der Waals surface area contributed by atoms with Crippen LogP contribution in [0.4, 0.5) is 5.82 Å². The van der Waals surface area contributed by atoms with Gasteiger partial charge in [-0.1, -0.05) is 0 Å². The van der Waals surface area contributed by atoms with E-state index in [1.807, 2.05) is 0 Å². The molecule has 1 rings (SSSR count). The number of anilines is 1. The van der Waals surface area contributed by atoms with Gasteiger partial charge in [-0.05, 0) is 25.5 Å². The number of rotatable bonds is 5. The zero-order valence-corrected chi connectivity index (χ0v) is 9.41. The van der Waals surface area contributed by atoms with Gasteiger partial charge in [-0.25, -0.2) is 14.8 Å². The lowest BCUT2D eigenvalue weighted by atomic mass is 10.2. The highest BCUT2D eigenvalue weighted by atomic mass is 16.1. The Morgan fingerprint density at radius 3 is 2.76 bits per heavy atom. The highest BCUT2D eigenvalue weighted by molar-refractivity contribution is 5.75. The Hall–Kier alpha value is -2.09. The van der Waals surface area contributed by atoms with E-state index in [1.54, 1.807) is 0 Å². The molecule has 8 heteroatoms. The maximum atomic E-state index is 11.6. The lowest BCUT2D eigenvalue weighted by Gasteiger charge is -2.17. The molecule has 17 heavy (non-hydrogen) atoms. The smallest absolute Gasteiger partial charge is 0.350 e. The van der Waals surface area contributed by atoms with Gasteiger partial charge in [0.25, 0.3) is 0 Å². The van der Waals surface area contributed by atoms with Crippen molar-refractivity contribution >= 4 is 11.8 Å². The first-order valence-electron chi connectivity index (χ1n) is 5.18. The third-order valence-corrected chi connectivity index (χ3v) is 2.18. The van der Waals surface area contributed by atoms with E-state index >= 15 is 0 Å². The zero-order valence-electron chi connectivity index (χ0n) is 9.41. The van der Waals surface area contributed by atoms with Crippen molar-refractivity contribution in [1.82, 2.24) is 9.55 Å². The molecule has 0 saturated heterocycles. The Kier molecular flexibility index (Phi) is 4.46. The normalized spacial score (nSPS) is 12.1. The molecule has 8 N–H and O–H groups in total. The van der Waals surface area contributed by atoms with Gasteiger partial charge >= 0.3 is 5.69 Å². The summed E-state index contributed by atoms with van der Waals surface area (Å²) in [6, 6.07) is 1.51. The molecule has 94 valence electrons. The van der Waals surface area contributed by atoms with E-state index in [1.165, 1.54) is 16.8 Å². The minimum atomic E-state index is -0.565. The number of nitrogen functional groups attached to an aromatic ring is 1. The van der Waals surface area contributed by atoms with Gasteiger partial charge in [0, 0.05) is 6.20 Å². The summed E-state index contributed by atoms with van der Waals surface area (Å²) < 4.78 is 1.25. The molecule has 1 aromatic heterocycles. The molecule has 0 amide bonds. The first-order valence-corrected chi connectivity index (χ1v) is 5.18. The van der Waals surface area contributed by atoms with Gasteiger partial charge in [-0.2, -0.15) is 0 Å². The minimum absolute atomic E-state index is 0.109. The Labute approximate surface area is 98.3 Å². The summed E-state index contributed by atoms with van der Waals surface area (Å²) >= 11 is 0. The first kappa shape index (κ1) is 13.0. The topological polar surface area (TPSA) is 151 Å². The number of hydrogen-bond acceptors (Lipinski definition) is 5. The van der Waals surface area contributed by atoms with Crippen molar-refractivity contribution in [3.05, 3.63) is 22.7 Å². The summed E-state index contributed by atoms with van der Waals surface area (Å²) in [7, 11) is 0.